The van der Waals surface area contributed by atoms with Crippen LogP contribution in [0.3, 0.4) is 0 Å². The Morgan fingerprint density at radius 3 is 2.38 bits per heavy atom. The maximum absolute atomic E-state index is 12.7. The zero-order valence-electron chi connectivity index (χ0n) is 14.5. The van der Waals surface area contributed by atoms with Crippen molar-refractivity contribution >= 4 is 40.1 Å². The lowest BCUT2D eigenvalue weighted by molar-refractivity contribution is 0.0949. The number of anilines is 1. The minimum Gasteiger partial charge on any atom is -0.493 e. The summed E-state index contributed by atoms with van der Waals surface area (Å²) in [6.07, 6.45) is 2.06. The fourth-order valence-electron chi connectivity index (χ4n) is 2.46. The predicted octanol–water partition coefficient (Wildman–Crippen LogP) is 3.45. The minimum atomic E-state index is -0.282. The zero-order chi connectivity index (χ0) is 18.7. The van der Waals surface area contributed by atoms with Crippen molar-refractivity contribution in [3.05, 3.63) is 51.1 Å². The van der Waals surface area contributed by atoms with Crippen LogP contribution in [0.1, 0.15) is 33.6 Å². The lowest BCUT2D eigenvalue weighted by Crippen LogP contribution is -2.25. The van der Waals surface area contributed by atoms with E-state index in [1.807, 2.05) is 0 Å². The second kappa shape index (κ2) is 7.94. The summed E-state index contributed by atoms with van der Waals surface area (Å²) in [6, 6.07) is 10.6. The van der Waals surface area contributed by atoms with Crippen LogP contribution in [0, 0.1) is 3.57 Å². The van der Waals surface area contributed by atoms with Gasteiger partial charge in [0.1, 0.15) is 0 Å². The molecule has 0 heterocycles. The van der Waals surface area contributed by atoms with Crippen LogP contribution in [-0.4, -0.2) is 32.1 Å². The van der Waals surface area contributed by atoms with Gasteiger partial charge >= 0.3 is 0 Å². The van der Waals surface area contributed by atoms with Gasteiger partial charge in [0.15, 0.2) is 11.5 Å². The maximum atomic E-state index is 12.7. The van der Waals surface area contributed by atoms with Gasteiger partial charge < -0.3 is 20.1 Å². The number of hydrogen-bond donors (Lipinski definition) is 2. The van der Waals surface area contributed by atoms with E-state index in [0.717, 1.165) is 16.4 Å². The summed E-state index contributed by atoms with van der Waals surface area (Å²) in [7, 11) is 3.07. The van der Waals surface area contributed by atoms with Crippen LogP contribution in [0.25, 0.3) is 0 Å². The van der Waals surface area contributed by atoms with Crippen molar-refractivity contribution in [2.45, 2.75) is 18.9 Å². The Kier molecular flexibility index (Phi) is 5.65. The van der Waals surface area contributed by atoms with Gasteiger partial charge in [-0.15, -0.1) is 0 Å². The van der Waals surface area contributed by atoms with E-state index in [-0.39, 0.29) is 17.9 Å². The molecule has 3 rings (SSSR count). The molecular weight excluding hydrogens is 447 g/mol. The molecule has 1 aliphatic carbocycles. The van der Waals surface area contributed by atoms with Crippen molar-refractivity contribution in [1.82, 2.24) is 5.32 Å². The summed E-state index contributed by atoms with van der Waals surface area (Å²) in [4.78, 5) is 24.8. The third-order valence-corrected chi connectivity index (χ3v) is 4.91. The molecule has 0 saturated heterocycles. The van der Waals surface area contributed by atoms with Gasteiger partial charge in [-0.3, -0.25) is 9.59 Å². The third-order valence-electron chi connectivity index (χ3n) is 4.01. The van der Waals surface area contributed by atoms with Crippen molar-refractivity contribution in [3.8, 4) is 11.5 Å². The summed E-state index contributed by atoms with van der Waals surface area (Å²) in [5.41, 5.74) is 1.55. The van der Waals surface area contributed by atoms with Crippen molar-refractivity contribution in [2.24, 2.45) is 0 Å². The Morgan fingerprint density at radius 1 is 1.04 bits per heavy atom. The zero-order valence-corrected chi connectivity index (χ0v) is 16.6. The third kappa shape index (κ3) is 4.27. The van der Waals surface area contributed by atoms with E-state index in [2.05, 4.69) is 33.2 Å². The van der Waals surface area contributed by atoms with Crippen LogP contribution in [0.15, 0.2) is 36.4 Å². The maximum Gasteiger partial charge on any atom is 0.256 e. The minimum absolute atomic E-state index is 0.121. The van der Waals surface area contributed by atoms with Crippen molar-refractivity contribution in [1.29, 1.82) is 0 Å². The molecule has 6 nitrogen and oxygen atoms in total. The van der Waals surface area contributed by atoms with Gasteiger partial charge in [-0.25, -0.2) is 0 Å². The summed E-state index contributed by atoms with van der Waals surface area (Å²) in [5, 5.41) is 5.77. The Bertz CT molecular complexity index is 849. The molecule has 2 amide bonds. The predicted molar refractivity (Wildman–Crippen MR) is 107 cm³/mol. The molecule has 0 atom stereocenters. The summed E-state index contributed by atoms with van der Waals surface area (Å²) >= 11 is 2.08. The first-order valence-corrected chi connectivity index (χ1v) is 9.23. The second-order valence-electron chi connectivity index (χ2n) is 5.97. The molecule has 2 aromatic carbocycles. The number of rotatable bonds is 6. The molecule has 1 aliphatic rings. The normalized spacial score (nSPS) is 13.0. The number of amides is 2. The molecule has 0 bridgehead atoms. The first kappa shape index (κ1) is 18.5. The van der Waals surface area contributed by atoms with Gasteiger partial charge in [0.25, 0.3) is 11.8 Å². The fraction of sp³-hybridized carbons (Fsp3) is 0.263. The molecule has 7 heteroatoms. The molecule has 1 saturated carbocycles. The van der Waals surface area contributed by atoms with E-state index in [4.69, 9.17) is 9.47 Å². The standard InChI is InChI=1S/C19H19IN2O4/c1-25-16-9-14(15(20)10-17(16)26-2)19(24)22-13-5-3-4-11(8-13)18(23)21-12-6-7-12/h3-5,8-10,12H,6-7H2,1-2H3,(H,21,23)(H,22,24). The molecule has 0 unspecified atom stereocenters. The smallest absolute Gasteiger partial charge is 0.256 e. The van der Waals surface area contributed by atoms with Gasteiger partial charge in [-0.1, -0.05) is 6.07 Å². The second-order valence-corrected chi connectivity index (χ2v) is 7.13. The van der Waals surface area contributed by atoms with Gasteiger partial charge in [0.05, 0.1) is 19.8 Å². The highest BCUT2D eigenvalue weighted by Crippen LogP contribution is 2.31. The SMILES string of the molecule is COc1cc(I)c(C(=O)Nc2cccc(C(=O)NC3CC3)c2)cc1OC. The molecule has 2 N–H and O–H groups in total. The van der Waals surface area contributed by atoms with Crippen LogP contribution < -0.4 is 20.1 Å². The van der Waals surface area contributed by atoms with Gasteiger partial charge in [0, 0.05) is 20.9 Å². The Morgan fingerprint density at radius 2 is 1.73 bits per heavy atom. The van der Waals surface area contributed by atoms with Gasteiger partial charge in [-0.05, 0) is 65.8 Å². The van der Waals surface area contributed by atoms with E-state index in [1.54, 1.807) is 43.5 Å². The van der Waals surface area contributed by atoms with E-state index in [0.29, 0.717) is 28.3 Å². The summed E-state index contributed by atoms with van der Waals surface area (Å²) in [5.74, 6) is 0.641. The molecule has 0 spiro atoms. The monoisotopic (exact) mass is 466 g/mol. The van der Waals surface area contributed by atoms with Crippen LogP contribution in [0.4, 0.5) is 5.69 Å². The van der Waals surface area contributed by atoms with Crippen LogP contribution in [0.5, 0.6) is 11.5 Å². The number of benzene rings is 2. The highest BCUT2D eigenvalue weighted by molar-refractivity contribution is 14.1. The number of carbonyl (C=O) groups is 2. The Labute approximate surface area is 165 Å². The van der Waals surface area contributed by atoms with E-state index >= 15 is 0 Å². The first-order valence-electron chi connectivity index (χ1n) is 8.15. The van der Waals surface area contributed by atoms with Gasteiger partial charge in [0.2, 0.25) is 0 Å². The molecule has 136 valence electrons. The molecular formula is C19H19IN2O4. The molecule has 2 aromatic rings. The van der Waals surface area contributed by atoms with E-state index < -0.39 is 0 Å². The molecule has 0 radical (unpaired) electrons. The summed E-state index contributed by atoms with van der Waals surface area (Å²) < 4.78 is 11.2. The number of nitrogens with one attached hydrogen (secondary N) is 2. The topological polar surface area (TPSA) is 76.7 Å². The van der Waals surface area contributed by atoms with Crippen molar-refractivity contribution in [3.63, 3.8) is 0 Å². The van der Waals surface area contributed by atoms with Crippen LogP contribution in [0.2, 0.25) is 0 Å². The quantitative estimate of drug-likeness (QED) is 0.640. The van der Waals surface area contributed by atoms with E-state index in [9.17, 15) is 9.59 Å². The Balaban J connectivity index is 1.78. The van der Waals surface area contributed by atoms with Crippen LogP contribution in [-0.2, 0) is 0 Å². The average Bonchev–Trinajstić information content (AvgIpc) is 3.45. The van der Waals surface area contributed by atoms with Crippen LogP contribution >= 0.6 is 22.6 Å². The number of hydrogen-bond acceptors (Lipinski definition) is 4. The summed E-state index contributed by atoms with van der Waals surface area (Å²) in [6.45, 7) is 0. The molecule has 0 aliphatic heterocycles. The lowest BCUT2D eigenvalue weighted by Gasteiger charge is -2.12. The first-order chi connectivity index (χ1) is 12.5. The fourth-order valence-corrected chi connectivity index (χ4v) is 3.14. The molecule has 0 aromatic heterocycles. The number of ether oxygens (including phenoxy) is 2. The highest BCUT2D eigenvalue weighted by atomic mass is 127. The highest BCUT2D eigenvalue weighted by Gasteiger charge is 2.24. The number of methoxy groups -OCH3 is 2. The number of halogens is 1. The average molecular weight is 466 g/mol. The molecule has 1 fully saturated rings. The molecule has 26 heavy (non-hydrogen) atoms. The van der Waals surface area contributed by atoms with Crippen molar-refractivity contribution < 1.29 is 19.1 Å². The largest absolute Gasteiger partial charge is 0.493 e. The lowest BCUT2D eigenvalue weighted by atomic mass is 10.1. The Hall–Kier alpha value is -2.29. The van der Waals surface area contributed by atoms with Crippen molar-refractivity contribution in [2.75, 3.05) is 19.5 Å². The van der Waals surface area contributed by atoms with E-state index in [1.165, 1.54) is 7.11 Å². The van der Waals surface area contributed by atoms with Gasteiger partial charge in [-0.2, -0.15) is 0 Å². The number of carbonyl (C=O) groups excluding carboxylic acids is 2.